The summed E-state index contributed by atoms with van der Waals surface area (Å²) in [5.74, 6) is -5.15. The summed E-state index contributed by atoms with van der Waals surface area (Å²) < 4.78 is 68.8. The van der Waals surface area contributed by atoms with Crippen LogP contribution in [0.25, 0.3) is 11.1 Å². The van der Waals surface area contributed by atoms with Crippen LogP contribution in [-0.4, -0.2) is 12.7 Å². The van der Waals surface area contributed by atoms with Crippen LogP contribution in [-0.2, 0) is 4.74 Å². The first-order valence-electron chi connectivity index (χ1n) is 9.83. The molecule has 0 radical (unpaired) electrons. The second-order valence-electron chi connectivity index (χ2n) is 7.09. The fourth-order valence-electron chi connectivity index (χ4n) is 3.84. The van der Waals surface area contributed by atoms with Gasteiger partial charge in [-0.2, -0.15) is 4.39 Å². The molecule has 0 atom stereocenters. The lowest BCUT2D eigenvalue weighted by Gasteiger charge is -2.29. The maximum Gasteiger partial charge on any atom is 0.201 e. The summed E-state index contributed by atoms with van der Waals surface area (Å²) in [6, 6.07) is 5.16. The number of allylic oxidation sites excluding steroid dienone is 1. The molecule has 0 saturated heterocycles. The van der Waals surface area contributed by atoms with Crippen LogP contribution in [0.3, 0.4) is 0 Å². The van der Waals surface area contributed by atoms with Gasteiger partial charge in [-0.3, -0.25) is 0 Å². The standard InChI is InChI=1S/C23H24F4O2/c1-3-13-29-19-12-11-18(22(26)23(19)27)17-10-9-16(20(24)21(17)25)14-5-7-15(8-6-14)28-4-2/h3,9-15H,4-8H2,1-2H3. The van der Waals surface area contributed by atoms with E-state index in [0.29, 0.717) is 19.4 Å². The minimum absolute atomic E-state index is 0.117. The van der Waals surface area contributed by atoms with Crippen molar-refractivity contribution in [3.8, 4) is 16.9 Å². The summed E-state index contributed by atoms with van der Waals surface area (Å²) in [4.78, 5) is 0. The van der Waals surface area contributed by atoms with Crippen LogP contribution in [0.15, 0.2) is 36.6 Å². The molecule has 29 heavy (non-hydrogen) atoms. The van der Waals surface area contributed by atoms with Crippen molar-refractivity contribution in [2.45, 2.75) is 51.6 Å². The number of benzene rings is 2. The van der Waals surface area contributed by atoms with Gasteiger partial charge in [0.25, 0.3) is 0 Å². The van der Waals surface area contributed by atoms with Crippen LogP contribution in [0.2, 0.25) is 0 Å². The molecule has 6 heteroatoms. The summed E-state index contributed by atoms with van der Waals surface area (Å²) >= 11 is 0. The third-order valence-corrected chi connectivity index (χ3v) is 5.30. The van der Waals surface area contributed by atoms with E-state index in [4.69, 9.17) is 9.47 Å². The summed E-state index contributed by atoms with van der Waals surface area (Å²) in [5.41, 5.74) is -0.392. The van der Waals surface area contributed by atoms with E-state index in [-0.39, 0.29) is 34.5 Å². The first-order chi connectivity index (χ1) is 14.0. The normalized spacial score (nSPS) is 19.7. The van der Waals surface area contributed by atoms with Gasteiger partial charge < -0.3 is 9.47 Å². The van der Waals surface area contributed by atoms with Gasteiger partial charge in [0.1, 0.15) is 0 Å². The topological polar surface area (TPSA) is 18.5 Å². The fourth-order valence-corrected chi connectivity index (χ4v) is 3.84. The fraction of sp³-hybridized carbons (Fsp3) is 0.391. The zero-order valence-electron chi connectivity index (χ0n) is 16.5. The Hall–Kier alpha value is -2.34. The minimum atomic E-state index is -1.28. The van der Waals surface area contributed by atoms with E-state index >= 15 is 0 Å². The van der Waals surface area contributed by atoms with E-state index < -0.39 is 23.3 Å². The average Bonchev–Trinajstić information content (AvgIpc) is 2.73. The lowest BCUT2D eigenvalue weighted by atomic mass is 9.82. The molecule has 3 rings (SSSR count). The highest BCUT2D eigenvalue weighted by Gasteiger charge is 2.27. The molecule has 0 heterocycles. The largest absolute Gasteiger partial charge is 0.462 e. The third kappa shape index (κ3) is 4.47. The summed E-state index contributed by atoms with van der Waals surface area (Å²) in [6.45, 7) is 4.22. The van der Waals surface area contributed by atoms with Crippen molar-refractivity contribution in [1.82, 2.24) is 0 Å². The number of halogens is 4. The minimum Gasteiger partial charge on any atom is -0.462 e. The highest BCUT2D eigenvalue weighted by molar-refractivity contribution is 5.66. The van der Waals surface area contributed by atoms with Gasteiger partial charge in [-0.1, -0.05) is 18.2 Å². The molecule has 1 saturated carbocycles. The Morgan fingerprint density at radius 2 is 1.48 bits per heavy atom. The number of ether oxygens (including phenoxy) is 2. The van der Waals surface area contributed by atoms with E-state index in [9.17, 15) is 17.6 Å². The highest BCUT2D eigenvalue weighted by Crippen LogP contribution is 2.39. The summed E-state index contributed by atoms with van der Waals surface area (Å²) in [7, 11) is 0. The van der Waals surface area contributed by atoms with Crippen molar-refractivity contribution in [1.29, 1.82) is 0 Å². The third-order valence-electron chi connectivity index (χ3n) is 5.30. The van der Waals surface area contributed by atoms with Crippen LogP contribution in [0.4, 0.5) is 17.6 Å². The molecule has 0 bridgehead atoms. The second kappa shape index (κ2) is 9.44. The zero-order valence-corrected chi connectivity index (χ0v) is 16.5. The SMILES string of the molecule is CC=COc1ccc(-c2ccc(C3CCC(OCC)CC3)c(F)c2F)c(F)c1F. The van der Waals surface area contributed by atoms with Crippen LogP contribution >= 0.6 is 0 Å². The molecule has 1 aliphatic carbocycles. The van der Waals surface area contributed by atoms with Crippen molar-refractivity contribution < 1.29 is 27.0 Å². The molecule has 0 amide bonds. The molecule has 2 nitrogen and oxygen atoms in total. The van der Waals surface area contributed by atoms with Crippen molar-refractivity contribution in [3.63, 3.8) is 0 Å². The molecule has 2 aromatic carbocycles. The Labute approximate surface area is 168 Å². The van der Waals surface area contributed by atoms with E-state index in [2.05, 4.69) is 0 Å². The van der Waals surface area contributed by atoms with Gasteiger partial charge in [-0.05, 0) is 63.1 Å². The van der Waals surface area contributed by atoms with Gasteiger partial charge >= 0.3 is 0 Å². The van der Waals surface area contributed by atoms with Gasteiger partial charge in [-0.25, -0.2) is 13.2 Å². The highest BCUT2D eigenvalue weighted by atomic mass is 19.2. The Bertz CT molecular complexity index is 887. The van der Waals surface area contributed by atoms with Gasteiger partial charge in [-0.15, -0.1) is 0 Å². The molecule has 156 valence electrons. The van der Waals surface area contributed by atoms with Gasteiger partial charge in [0.05, 0.1) is 12.4 Å². The number of hydrogen-bond donors (Lipinski definition) is 0. The molecule has 1 aliphatic rings. The molecule has 0 aromatic heterocycles. The van der Waals surface area contributed by atoms with Crippen molar-refractivity contribution >= 4 is 0 Å². The van der Waals surface area contributed by atoms with Gasteiger partial charge in [0.2, 0.25) is 5.82 Å². The molecular formula is C23H24F4O2. The van der Waals surface area contributed by atoms with Crippen LogP contribution in [0, 0.1) is 23.3 Å². The van der Waals surface area contributed by atoms with E-state index in [0.717, 1.165) is 12.8 Å². The Morgan fingerprint density at radius 1 is 0.862 bits per heavy atom. The second-order valence-corrected chi connectivity index (χ2v) is 7.09. The number of rotatable bonds is 6. The molecule has 1 fully saturated rings. The van der Waals surface area contributed by atoms with Gasteiger partial charge in [0, 0.05) is 17.7 Å². The summed E-state index contributed by atoms with van der Waals surface area (Å²) in [5, 5.41) is 0. The van der Waals surface area contributed by atoms with Crippen molar-refractivity contribution in [2.75, 3.05) is 6.61 Å². The van der Waals surface area contributed by atoms with Crippen molar-refractivity contribution in [2.24, 2.45) is 0 Å². The van der Waals surface area contributed by atoms with E-state index in [1.54, 1.807) is 6.92 Å². The maximum absolute atomic E-state index is 14.8. The smallest absolute Gasteiger partial charge is 0.201 e. The molecule has 0 spiro atoms. The lowest BCUT2D eigenvalue weighted by Crippen LogP contribution is -2.21. The van der Waals surface area contributed by atoms with Crippen LogP contribution in [0.1, 0.15) is 51.0 Å². The predicted molar refractivity (Wildman–Crippen MR) is 104 cm³/mol. The quantitative estimate of drug-likeness (QED) is 0.383. The molecule has 0 unspecified atom stereocenters. The molecule has 2 aromatic rings. The molecular weight excluding hydrogens is 384 g/mol. The first kappa shape index (κ1) is 21.4. The molecule has 0 N–H and O–H groups in total. The van der Waals surface area contributed by atoms with E-state index in [1.165, 1.54) is 36.6 Å². The molecule has 0 aliphatic heterocycles. The Balaban J connectivity index is 1.88. The first-order valence-corrected chi connectivity index (χ1v) is 9.83. The van der Waals surface area contributed by atoms with Crippen molar-refractivity contribution in [3.05, 3.63) is 65.4 Å². The van der Waals surface area contributed by atoms with E-state index in [1.807, 2.05) is 6.92 Å². The van der Waals surface area contributed by atoms with Crippen LogP contribution in [0.5, 0.6) is 5.75 Å². The van der Waals surface area contributed by atoms with Gasteiger partial charge in [0.15, 0.2) is 23.2 Å². The Morgan fingerprint density at radius 3 is 2.10 bits per heavy atom. The zero-order chi connectivity index (χ0) is 21.0. The lowest BCUT2D eigenvalue weighted by molar-refractivity contribution is 0.0325. The summed E-state index contributed by atoms with van der Waals surface area (Å²) in [6.07, 6.45) is 5.83. The Kier molecular flexibility index (Phi) is 6.96. The monoisotopic (exact) mass is 408 g/mol. The number of hydrogen-bond acceptors (Lipinski definition) is 2. The predicted octanol–water partition coefficient (Wildman–Crippen LogP) is 6.89. The maximum atomic E-state index is 14.8. The average molecular weight is 408 g/mol. The van der Waals surface area contributed by atoms with Crippen LogP contribution < -0.4 is 4.74 Å².